The molecule has 144 valence electrons. The van der Waals surface area contributed by atoms with E-state index < -0.39 is 10.0 Å². The van der Waals surface area contributed by atoms with Gasteiger partial charge in [-0.05, 0) is 68.1 Å². The monoisotopic (exact) mass is 386 g/mol. The largest absolute Gasteiger partial charge is 0.322 e. The molecule has 1 amide bonds. The fourth-order valence-electron chi connectivity index (χ4n) is 3.49. The third-order valence-corrected chi connectivity index (χ3v) is 7.41. The van der Waals surface area contributed by atoms with E-state index in [0.29, 0.717) is 5.56 Å². The number of carbonyl (C=O) groups is 1. The van der Waals surface area contributed by atoms with Crippen molar-refractivity contribution in [3.63, 3.8) is 0 Å². The second kappa shape index (κ2) is 7.82. The van der Waals surface area contributed by atoms with Gasteiger partial charge in [-0.2, -0.15) is 4.31 Å². The van der Waals surface area contributed by atoms with Crippen LogP contribution in [0.15, 0.2) is 47.4 Å². The second-order valence-corrected chi connectivity index (χ2v) is 9.18. The normalized spacial score (nSPS) is 15.3. The highest BCUT2D eigenvalue weighted by Crippen LogP contribution is 2.27. The van der Waals surface area contributed by atoms with Crippen LogP contribution in [-0.4, -0.2) is 31.7 Å². The van der Waals surface area contributed by atoms with Gasteiger partial charge in [-0.3, -0.25) is 4.79 Å². The Morgan fingerprint density at radius 2 is 1.67 bits per heavy atom. The first kappa shape index (κ1) is 19.6. The molecule has 5 nitrogen and oxygen atoms in total. The zero-order valence-electron chi connectivity index (χ0n) is 16.0. The molecule has 0 heterocycles. The van der Waals surface area contributed by atoms with Gasteiger partial charge in [0.2, 0.25) is 10.0 Å². The number of aryl methyl sites for hydroxylation is 1. The van der Waals surface area contributed by atoms with Crippen LogP contribution in [0.4, 0.5) is 5.69 Å². The van der Waals surface area contributed by atoms with Crippen LogP contribution in [0.5, 0.6) is 0 Å². The minimum absolute atomic E-state index is 0.0715. The summed E-state index contributed by atoms with van der Waals surface area (Å²) < 4.78 is 27.1. The van der Waals surface area contributed by atoms with E-state index in [0.717, 1.165) is 42.5 Å². The number of rotatable bonds is 5. The van der Waals surface area contributed by atoms with E-state index in [-0.39, 0.29) is 16.8 Å². The van der Waals surface area contributed by atoms with E-state index in [2.05, 4.69) is 5.32 Å². The van der Waals surface area contributed by atoms with Gasteiger partial charge in [-0.1, -0.05) is 25.0 Å². The number of anilines is 1. The number of nitrogens with one attached hydrogen (secondary N) is 1. The lowest BCUT2D eigenvalue weighted by atomic mass is 10.1. The Morgan fingerprint density at radius 3 is 2.30 bits per heavy atom. The summed E-state index contributed by atoms with van der Waals surface area (Å²) in [5.74, 6) is -0.253. The van der Waals surface area contributed by atoms with Gasteiger partial charge in [0.25, 0.3) is 5.91 Å². The molecule has 0 unspecified atom stereocenters. The van der Waals surface area contributed by atoms with Crippen molar-refractivity contribution < 1.29 is 13.2 Å². The first-order valence-electron chi connectivity index (χ1n) is 9.26. The van der Waals surface area contributed by atoms with Crippen molar-refractivity contribution in [2.75, 3.05) is 12.4 Å². The lowest BCUT2D eigenvalue weighted by Crippen LogP contribution is -2.35. The zero-order valence-corrected chi connectivity index (χ0v) is 16.8. The highest BCUT2D eigenvalue weighted by atomic mass is 32.2. The molecule has 0 bridgehead atoms. The molecule has 3 rings (SSSR count). The molecule has 0 aromatic heterocycles. The molecule has 2 aromatic carbocycles. The lowest BCUT2D eigenvalue weighted by Gasteiger charge is -2.23. The molecule has 1 N–H and O–H groups in total. The molecule has 0 atom stereocenters. The Hall–Kier alpha value is -2.18. The third kappa shape index (κ3) is 4.06. The number of hydrogen-bond donors (Lipinski definition) is 1. The molecule has 2 aromatic rings. The van der Waals surface area contributed by atoms with Crippen molar-refractivity contribution in [1.82, 2.24) is 4.31 Å². The Kier molecular flexibility index (Phi) is 5.67. The Balaban J connectivity index is 1.76. The SMILES string of the molecule is Cc1cccc(NC(=O)c2ccc(S(=O)(=O)N(C)C3CCCC3)cc2)c1C. The van der Waals surface area contributed by atoms with E-state index in [1.807, 2.05) is 32.0 Å². The van der Waals surface area contributed by atoms with Crippen LogP contribution < -0.4 is 5.32 Å². The highest BCUT2D eigenvalue weighted by Gasteiger charge is 2.30. The van der Waals surface area contributed by atoms with Crippen LogP contribution in [0.2, 0.25) is 0 Å². The van der Waals surface area contributed by atoms with E-state index in [1.165, 1.54) is 16.4 Å². The number of amides is 1. The Bertz CT molecular complexity index is 930. The molecule has 6 heteroatoms. The summed E-state index contributed by atoms with van der Waals surface area (Å²) in [6, 6.07) is 12.0. The fraction of sp³-hybridized carbons (Fsp3) is 0.381. The van der Waals surface area contributed by atoms with Crippen LogP contribution >= 0.6 is 0 Å². The molecule has 0 aliphatic heterocycles. The van der Waals surface area contributed by atoms with Gasteiger partial charge in [0.15, 0.2) is 0 Å². The minimum atomic E-state index is -3.53. The molecular formula is C21H26N2O3S. The zero-order chi connectivity index (χ0) is 19.6. The van der Waals surface area contributed by atoms with Gasteiger partial charge in [-0.25, -0.2) is 8.42 Å². The molecule has 1 aliphatic rings. The van der Waals surface area contributed by atoms with Crippen LogP contribution in [0.3, 0.4) is 0 Å². The number of sulfonamides is 1. The molecular weight excluding hydrogens is 360 g/mol. The van der Waals surface area contributed by atoms with Crippen molar-refractivity contribution in [3.8, 4) is 0 Å². The summed E-state index contributed by atoms with van der Waals surface area (Å²) in [6.45, 7) is 3.95. The first-order valence-corrected chi connectivity index (χ1v) is 10.7. The third-order valence-electron chi connectivity index (χ3n) is 5.49. The molecule has 27 heavy (non-hydrogen) atoms. The number of carbonyl (C=O) groups excluding carboxylic acids is 1. The number of hydrogen-bond acceptors (Lipinski definition) is 3. The topological polar surface area (TPSA) is 66.5 Å². The molecule has 0 radical (unpaired) electrons. The maximum atomic E-state index is 12.8. The summed E-state index contributed by atoms with van der Waals surface area (Å²) in [4.78, 5) is 12.7. The standard InChI is InChI=1S/C21H26N2O3S/c1-15-7-6-10-20(16(15)2)22-21(24)17-11-13-19(14-12-17)27(25,26)23(3)18-8-4-5-9-18/h6-7,10-14,18H,4-5,8-9H2,1-3H3,(H,22,24). The summed E-state index contributed by atoms with van der Waals surface area (Å²) in [5.41, 5.74) is 3.31. The van der Waals surface area contributed by atoms with Crippen LogP contribution in [0, 0.1) is 13.8 Å². The summed E-state index contributed by atoms with van der Waals surface area (Å²) in [6.07, 6.45) is 3.96. The number of benzene rings is 2. The van der Waals surface area contributed by atoms with Gasteiger partial charge in [0.05, 0.1) is 4.90 Å². The average Bonchev–Trinajstić information content (AvgIpc) is 3.19. The fourth-order valence-corrected chi connectivity index (χ4v) is 4.91. The quantitative estimate of drug-likeness (QED) is 0.841. The maximum Gasteiger partial charge on any atom is 0.255 e. The second-order valence-electron chi connectivity index (χ2n) is 7.19. The van der Waals surface area contributed by atoms with Crippen LogP contribution in [-0.2, 0) is 10.0 Å². The molecule has 1 fully saturated rings. The van der Waals surface area contributed by atoms with Crippen molar-refractivity contribution in [1.29, 1.82) is 0 Å². The first-order chi connectivity index (χ1) is 12.8. The van der Waals surface area contributed by atoms with E-state index in [9.17, 15) is 13.2 Å². The molecule has 1 saturated carbocycles. The lowest BCUT2D eigenvalue weighted by molar-refractivity contribution is 0.102. The van der Waals surface area contributed by atoms with Gasteiger partial charge >= 0.3 is 0 Å². The summed E-state index contributed by atoms with van der Waals surface area (Å²) >= 11 is 0. The predicted molar refractivity (Wildman–Crippen MR) is 108 cm³/mol. The van der Waals surface area contributed by atoms with Crippen molar-refractivity contribution in [3.05, 3.63) is 59.2 Å². The van der Waals surface area contributed by atoms with Crippen molar-refractivity contribution >= 4 is 21.6 Å². The van der Waals surface area contributed by atoms with Gasteiger partial charge in [0, 0.05) is 24.3 Å². The molecule has 0 spiro atoms. The highest BCUT2D eigenvalue weighted by molar-refractivity contribution is 7.89. The Morgan fingerprint density at radius 1 is 1.04 bits per heavy atom. The summed E-state index contributed by atoms with van der Waals surface area (Å²) in [5, 5.41) is 2.89. The van der Waals surface area contributed by atoms with Crippen molar-refractivity contribution in [2.24, 2.45) is 0 Å². The maximum absolute atomic E-state index is 12.8. The molecule has 1 aliphatic carbocycles. The predicted octanol–water partition coefficient (Wildman–Crippen LogP) is 4.12. The minimum Gasteiger partial charge on any atom is -0.322 e. The van der Waals surface area contributed by atoms with Crippen molar-refractivity contribution in [2.45, 2.75) is 50.5 Å². The number of nitrogens with zero attached hydrogens (tertiary/aromatic N) is 1. The van der Waals surface area contributed by atoms with Gasteiger partial charge in [0.1, 0.15) is 0 Å². The smallest absolute Gasteiger partial charge is 0.255 e. The van der Waals surface area contributed by atoms with Crippen LogP contribution in [0.1, 0.15) is 47.2 Å². The molecule has 0 saturated heterocycles. The Labute approximate surface area is 161 Å². The van der Waals surface area contributed by atoms with E-state index >= 15 is 0 Å². The van der Waals surface area contributed by atoms with Gasteiger partial charge in [-0.15, -0.1) is 0 Å². The van der Waals surface area contributed by atoms with Gasteiger partial charge < -0.3 is 5.32 Å². The van der Waals surface area contributed by atoms with Crippen LogP contribution in [0.25, 0.3) is 0 Å². The average molecular weight is 387 g/mol. The van der Waals surface area contributed by atoms with E-state index in [4.69, 9.17) is 0 Å². The summed E-state index contributed by atoms with van der Waals surface area (Å²) in [7, 11) is -1.89. The van der Waals surface area contributed by atoms with E-state index in [1.54, 1.807) is 19.2 Å².